The summed E-state index contributed by atoms with van der Waals surface area (Å²) >= 11 is 0. The lowest BCUT2D eigenvalue weighted by molar-refractivity contribution is -0.159. The van der Waals surface area contributed by atoms with Crippen molar-refractivity contribution in [1.29, 1.82) is 0 Å². The van der Waals surface area contributed by atoms with Crippen molar-refractivity contribution in [1.82, 2.24) is 15.1 Å². The molecule has 4 heterocycles. The first-order valence-corrected chi connectivity index (χ1v) is 14.4. The van der Waals surface area contributed by atoms with Crippen molar-refractivity contribution in [3.05, 3.63) is 24.3 Å². The van der Waals surface area contributed by atoms with Crippen molar-refractivity contribution >= 4 is 23.7 Å². The van der Waals surface area contributed by atoms with E-state index in [0.29, 0.717) is 19.5 Å². The molecule has 3 amide bonds. The van der Waals surface area contributed by atoms with Crippen molar-refractivity contribution in [2.24, 2.45) is 17.8 Å². The van der Waals surface area contributed by atoms with Crippen LogP contribution in [0.1, 0.15) is 59.8 Å². The van der Waals surface area contributed by atoms with Gasteiger partial charge < -0.3 is 29.7 Å². The minimum atomic E-state index is -1.32. The molecular formula is C29H43N3O7. The molecule has 0 aliphatic carbocycles. The molecule has 0 aromatic rings. The summed E-state index contributed by atoms with van der Waals surface area (Å²) in [4.78, 5) is 57.5. The zero-order valence-electron chi connectivity index (χ0n) is 23.5. The van der Waals surface area contributed by atoms with Crippen LogP contribution >= 0.6 is 0 Å². The van der Waals surface area contributed by atoms with Gasteiger partial charge in [0, 0.05) is 19.5 Å². The molecule has 4 aliphatic heterocycles. The summed E-state index contributed by atoms with van der Waals surface area (Å²) in [5.41, 5.74) is -1.32. The first-order chi connectivity index (χ1) is 18.7. The number of esters is 1. The van der Waals surface area contributed by atoms with Crippen LogP contribution in [0.5, 0.6) is 0 Å². The lowest BCUT2D eigenvalue weighted by Crippen LogP contribution is -2.59. The van der Waals surface area contributed by atoms with Gasteiger partial charge in [0.2, 0.25) is 17.7 Å². The predicted octanol–water partition coefficient (Wildman–Crippen LogP) is 1.57. The molecule has 0 radical (unpaired) electrons. The predicted molar refractivity (Wildman–Crippen MR) is 143 cm³/mol. The maximum atomic E-state index is 14.4. The van der Waals surface area contributed by atoms with E-state index in [0.717, 1.165) is 19.3 Å². The fourth-order valence-electron chi connectivity index (χ4n) is 6.35. The standard InChI is InChI=1S/C29H43N3O7/c1-5-6-9-14-31-15-10-7-8-11-22(34)30-16-19(4)38-28(37)23-21-12-13-29(39-21)24(23)26(35)32(25(29)27(31)36)20(17-33)18(2)3/h7,10,12-13,18-21,23-25,33H,5-6,8-9,11,14-17H2,1-4H3,(H,30,34)/b10-7-/t19-,20+,21+,23-,24-,25+,29-/m1/s1. The first kappa shape index (κ1) is 29.3. The van der Waals surface area contributed by atoms with Crippen LogP contribution in [-0.4, -0.2) is 94.7 Å². The molecule has 0 aromatic carbocycles. The molecule has 10 heteroatoms. The van der Waals surface area contributed by atoms with Gasteiger partial charge in [-0.15, -0.1) is 0 Å². The third-order valence-electron chi connectivity index (χ3n) is 8.41. The Hall–Kier alpha value is -2.72. The number of carbonyl (C=O) groups is 4. The Balaban J connectivity index is 1.78. The molecule has 39 heavy (non-hydrogen) atoms. The summed E-state index contributed by atoms with van der Waals surface area (Å²) in [6, 6.07) is -1.63. The van der Waals surface area contributed by atoms with E-state index < -0.39 is 47.7 Å². The largest absolute Gasteiger partial charge is 0.460 e. The number of nitrogens with zero attached hydrogens (tertiary/aromatic N) is 2. The summed E-state index contributed by atoms with van der Waals surface area (Å²) in [5.74, 6) is -3.37. The molecule has 2 N–H and O–H groups in total. The quantitative estimate of drug-likeness (QED) is 0.283. The monoisotopic (exact) mass is 545 g/mol. The molecular weight excluding hydrogens is 502 g/mol. The third kappa shape index (κ3) is 5.50. The molecule has 1 spiro atoms. The second-order valence-electron chi connectivity index (χ2n) is 11.5. The highest BCUT2D eigenvalue weighted by atomic mass is 16.6. The molecule has 4 aliphatic rings. The molecule has 2 saturated heterocycles. The summed E-state index contributed by atoms with van der Waals surface area (Å²) in [6.07, 6.45) is 9.54. The number of unbranched alkanes of at least 4 members (excludes halogenated alkanes) is 2. The number of aliphatic hydroxyl groups excluding tert-OH is 1. The highest BCUT2D eigenvalue weighted by Crippen LogP contribution is 2.56. The van der Waals surface area contributed by atoms with E-state index in [-0.39, 0.29) is 43.2 Å². The number of carbonyl (C=O) groups excluding carboxylic acids is 4. The van der Waals surface area contributed by atoms with E-state index in [1.165, 1.54) is 4.90 Å². The Morgan fingerprint density at radius 1 is 1.15 bits per heavy atom. The fourth-order valence-corrected chi connectivity index (χ4v) is 6.35. The van der Waals surface area contributed by atoms with Gasteiger partial charge in [-0.2, -0.15) is 0 Å². The minimum absolute atomic E-state index is 0.133. The maximum Gasteiger partial charge on any atom is 0.313 e. The average Bonchev–Trinajstić information content (AvgIpc) is 3.53. The fraction of sp³-hybridized carbons (Fsp3) is 0.724. The molecule has 4 rings (SSSR count). The number of hydrogen-bond donors (Lipinski definition) is 2. The Labute approximate surface area is 230 Å². The molecule has 216 valence electrons. The zero-order chi connectivity index (χ0) is 28.3. The van der Waals surface area contributed by atoms with Gasteiger partial charge in [-0.3, -0.25) is 19.2 Å². The molecule has 2 fully saturated rings. The Morgan fingerprint density at radius 3 is 2.62 bits per heavy atom. The van der Waals surface area contributed by atoms with Crippen molar-refractivity contribution in [2.45, 2.75) is 89.7 Å². The highest BCUT2D eigenvalue weighted by molar-refractivity contribution is 5.99. The van der Waals surface area contributed by atoms with Gasteiger partial charge in [-0.25, -0.2) is 0 Å². The molecule has 5 bridgehead atoms. The van der Waals surface area contributed by atoms with Crippen LogP contribution in [0, 0.1) is 17.8 Å². The van der Waals surface area contributed by atoms with Gasteiger partial charge in [0.05, 0.1) is 31.2 Å². The number of likely N-dealkylation sites (tertiary alicyclic amines) is 1. The maximum absolute atomic E-state index is 14.4. The summed E-state index contributed by atoms with van der Waals surface area (Å²) in [6.45, 7) is 8.25. The van der Waals surface area contributed by atoms with Crippen molar-refractivity contribution in [2.75, 3.05) is 26.2 Å². The lowest BCUT2D eigenvalue weighted by Gasteiger charge is -2.40. The minimum Gasteiger partial charge on any atom is -0.460 e. The number of aliphatic hydroxyl groups is 1. The topological polar surface area (TPSA) is 125 Å². The summed E-state index contributed by atoms with van der Waals surface area (Å²) < 4.78 is 12.1. The number of amides is 3. The number of hydrogen-bond acceptors (Lipinski definition) is 7. The number of ether oxygens (including phenoxy) is 2. The Bertz CT molecular complexity index is 1010. The van der Waals surface area contributed by atoms with Crippen molar-refractivity contribution in [3.8, 4) is 0 Å². The zero-order valence-corrected chi connectivity index (χ0v) is 23.5. The molecule has 7 atom stereocenters. The molecule has 0 saturated carbocycles. The molecule has 0 aromatic heterocycles. The van der Waals surface area contributed by atoms with E-state index in [9.17, 15) is 24.3 Å². The first-order valence-electron chi connectivity index (χ1n) is 14.4. The van der Waals surface area contributed by atoms with Gasteiger partial charge >= 0.3 is 5.97 Å². The van der Waals surface area contributed by atoms with Crippen molar-refractivity contribution in [3.63, 3.8) is 0 Å². The summed E-state index contributed by atoms with van der Waals surface area (Å²) in [5, 5.41) is 13.2. The Kier molecular flexibility index (Phi) is 9.16. The molecule has 0 unspecified atom stereocenters. The number of rotatable bonds is 7. The van der Waals surface area contributed by atoms with E-state index in [4.69, 9.17) is 9.47 Å². The lowest BCUT2D eigenvalue weighted by atomic mass is 9.74. The Morgan fingerprint density at radius 2 is 1.92 bits per heavy atom. The third-order valence-corrected chi connectivity index (χ3v) is 8.41. The second kappa shape index (κ2) is 12.2. The second-order valence-corrected chi connectivity index (χ2v) is 11.5. The van der Waals surface area contributed by atoms with Gasteiger partial charge in [0.15, 0.2) is 0 Å². The van der Waals surface area contributed by atoms with Crippen LogP contribution in [-0.2, 0) is 28.7 Å². The number of allylic oxidation sites excluding steroid dienone is 1. The van der Waals surface area contributed by atoms with E-state index in [1.807, 2.05) is 26.0 Å². The normalized spacial score (nSPS) is 34.9. The van der Waals surface area contributed by atoms with Crippen molar-refractivity contribution < 1.29 is 33.8 Å². The van der Waals surface area contributed by atoms with Crippen LogP contribution in [0.3, 0.4) is 0 Å². The highest BCUT2D eigenvalue weighted by Gasteiger charge is 2.74. The SMILES string of the molecule is CCCCCN1C/C=C\CCC(=O)NC[C@@H](C)OC(=O)[C@@H]2[C@@H]3C=C[C@]4(O3)[C@H](C1=O)N([C@@H](CO)C(C)C)C(=O)[C@@H]24. The van der Waals surface area contributed by atoms with E-state index in [1.54, 1.807) is 24.0 Å². The molecule has 10 nitrogen and oxygen atoms in total. The number of fused-ring (bicyclic) bond motifs is 2. The van der Waals surface area contributed by atoms with Crippen LogP contribution in [0.2, 0.25) is 0 Å². The number of nitrogens with one attached hydrogen (secondary N) is 1. The van der Waals surface area contributed by atoms with Gasteiger partial charge in [-0.05, 0) is 25.7 Å². The van der Waals surface area contributed by atoms with E-state index in [2.05, 4.69) is 12.2 Å². The van der Waals surface area contributed by atoms with Crippen LogP contribution in [0.4, 0.5) is 0 Å². The van der Waals surface area contributed by atoms with Gasteiger partial charge in [0.25, 0.3) is 0 Å². The van der Waals surface area contributed by atoms with Crippen LogP contribution in [0.25, 0.3) is 0 Å². The van der Waals surface area contributed by atoms with Crippen LogP contribution in [0.15, 0.2) is 24.3 Å². The smallest absolute Gasteiger partial charge is 0.313 e. The number of cyclic esters (lactones) is 1. The summed E-state index contributed by atoms with van der Waals surface area (Å²) in [7, 11) is 0. The average molecular weight is 546 g/mol. The van der Waals surface area contributed by atoms with Crippen LogP contribution < -0.4 is 5.32 Å². The van der Waals surface area contributed by atoms with E-state index >= 15 is 0 Å². The van der Waals surface area contributed by atoms with Gasteiger partial charge in [0.1, 0.15) is 23.7 Å². The van der Waals surface area contributed by atoms with Gasteiger partial charge in [-0.1, -0.05) is 57.9 Å².